The smallest absolute Gasteiger partial charge is 0.252 e. The van der Waals surface area contributed by atoms with Crippen LogP contribution in [0.15, 0.2) is 42.5 Å². The van der Waals surface area contributed by atoms with Crippen molar-refractivity contribution >= 4 is 29.1 Å². The molecule has 8 nitrogen and oxygen atoms in total. The molecule has 10 heteroatoms. The van der Waals surface area contributed by atoms with E-state index in [9.17, 15) is 19.1 Å². The van der Waals surface area contributed by atoms with Gasteiger partial charge in [-0.2, -0.15) is 5.10 Å². The number of hydrogen-bond donors (Lipinski definition) is 2. The number of nitrogens with zero attached hydrogens (tertiary/aromatic N) is 4. The average molecular weight is 482 g/mol. The van der Waals surface area contributed by atoms with Crippen molar-refractivity contribution in [2.45, 2.75) is 25.4 Å². The lowest BCUT2D eigenvalue weighted by molar-refractivity contribution is -0.132. The second kappa shape index (κ2) is 9.63. The zero-order valence-corrected chi connectivity index (χ0v) is 18.8. The SMILES string of the molecule is [C-]#[N+]c1ccc(CC(=O)N2Cc3c(C(N)=O)c(-c4ccc(F)c(Cl)c4)nn3C(CCO)C2)cc1. The number of benzene rings is 2. The Morgan fingerprint density at radius 3 is 2.62 bits per heavy atom. The van der Waals surface area contributed by atoms with Gasteiger partial charge < -0.3 is 15.7 Å². The van der Waals surface area contributed by atoms with E-state index >= 15 is 0 Å². The lowest BCUT2D eigenvalue weighted by Crippen LogP contribution is -2.43. The van der Waals surface area contributed by atoms with Gasteiger partial charge in [-0.25, -0.2) is 9.24 Å². The fraction of sp³-hybridized carbons (Fsp3) is 0.250. The molecule has 2 amide bonds. The van der Waals surface area contributed by atoms with Crippen LogP contribution >= 0.6 is 11.6 Å². The van der Waals surface area contributed by atoms with Crippen LogP contribution in [-0.2, 0) is 17.8 Å². The number of hydrogen-bond acceptors (Lipinski definition) is 4. The van der Waals surface area contributed by atoms with Crippen LogP contribution in [0.5, 0.6) is 0 Å². The number of nitrogens with two attached hydrogens (primary N) is 1. The first kappa shape index (κ1) is 23.4. The third-order valence-corrected chi connectivity index (χ3v) is 6.09. The number of rotatable bonds is 6. The molecule has 1 atom stereocenters. The molecule has 1 aliphatic heterocycles. The Balaban J connectivity index is 1.70. The van der Waals surface area contributed by atoms with Crippen molar-refractivity contribution in [1.82, 2.24) is 14.7 Å². The molecule has 0 saturated heterocycles. The maximum atomic E-state index is 13.7. The first-order valence-corrected chi connectivity index (χ1v) is 10.9. The number of aliphatic hydroxyl groups excluding tert-OH is 1. The van der Waals surface area contributed by atoms with Gasteiger partial charge in [-0.05, 0) is 30.2 Å². The number of carbonyl (C=O) groups is 2. The number of halogens is 2. The largest absolute Gasteiger partial charge is 0.396 e. The summed E-state index contributed by atoms with van der Waals surface area (Å²) >= 11 is 5.93. The van der Waals surface area contributed by atoms with E-state index in [1.807, 2.05) is 0 Å². The van der Waals surface area contributed by atoms with Gasteiger partial charge in [0.2, 0.25) is 5.91 Å². The third kappa shape index (κ3) is 4.51. The van der Waals surface area contributed by atoms with Crippen molar-refractivity contribution in [3.63, 3.8) is 0 Å². The minimum Gasteiger partial charge on any atom is -0.396 e. The van der Waals surface area contributed by atoms with Crippen LogP contribution in [0, 0.1) is 12.4 Å². The molecule has 0 saturated carbocycles. The molecule has 0 bridgehead atoms. The van der Waals surface area contributed by atoms with Crippen LogP contribution < -0.4 is 5.73 Å². The molecule has 1 unspecified atom stereocenters. The number of primary amides is 1. The summed E-state index contributed by atoms with van der Waals surface area (Å²) < 4.78 is 15.3. The van der Waals surface area contributed by atoms with Crippen molar-refractivity contribution < 1.29 is 19.1 Å². The second-order valence-electron chi connectivity index (χ2n) is 8.00. The van der Waals surface area contributed by atoms with Crippen LogP contribution in [-0.4, -0.2) is 44.8 Å². The molecule has 174 valence electrons. The standard InChI is InChI=1S/C24H21ClFN5O3/c1-28-16-5-2-14(3-6-16)10-21(33)30-12-17(8-9-32)31-20(13-30)22(24(27)34)23(29-31)15-4-7-19(26)18(25)11-15/h2-7,11,17,32H,8-10,12-13H2,(H2,27,34). The Hall–Kier alpha value is -3.74. The van der Waals surface area contributed by atoms with Gasteiger partial charge in [-0.3, -0.25) is 14.3 Å². The summed E-state index contributed by atoms with van der Waals surface area (Å²) in [4.78, 5) is 30.5. The fourth-order valence-electron chi connectivity index (χ4n) is 4.13. The Kier molecular flexibility index (Phi) is 6.63. The average Bonchev–Trinajstić information content (AvgIpc) is 3.21. The van der Waals surface area contributed by atoms with Crippen molar-refractivity contribution in [2.24, 2.45) is 5.73 Å². The van der Waals surface area contributed by atoms with E-state index in [0.29, 0.717) is 23.4 Å². The molecular weight excluding hydrogens is 461 g/mol. The van der Waals surface area contributed by atoms with Crippen molar-refractivity contribution in [2.75, 3.05) is 13.2 Å². The first-order chi connectivity index (χ1) is 16.3. The molecule has 3 N–H and O–H groups in total. The number of aromatic nitrogens is 2. The molecule has 2 aromatic carbocycles. The van der Waals surface area contributed by atoms with Gasteiger partial charge in [-0.1, -0.05) is 35.9 Å². The predicted octanol–water partition coefficient (Wildman–Crippen LogP) is 3.50. The summed E-state index contributed by atoms with van der Waals surface area (Å²) in [5.41, 5.74) is 8.19. The summed E-state index contributed by atoms with van der Waals surface area (Å²) in [6.45, 7) is 7.29. The zero-order chi connectivity index (χ0) is 24.4. The summed E-state index contributed by atoms with van der Waals surface area (Å²) in [5.74, 6) is -1.51. The number of amides is 2. The molecule has 0 aliphatic carbocycles. The molecule has 2 heterocycles. The van der Waals surface area contributed by atoms with Crippen LogP contribution in [0.2, 0.25) is 5.02 Å². The third-order valence-electron chi connectivity index (χ3n) is 5.80. The summed E-state index contributed by atoms with van der Waals surface area (Å²) in [6, 6.07) is 10.4. The normalized spacial score (nSPS) is 15.0. The Morgan fingerprint density at radius 2 is 2.00 bits per heavy atom. The van der Waals surface area contributed by atoms with Gasteiger partial charge in [0.25, 0.3) is 5.91 Å². The van der Waals surface area contributed by atoms with Crippen molar-refractivity contribution in [1.29, 1.82) is 0 Å². The van der Waals surface area contributed by atoms with Crippen LogP contribution in [0.3, 0.4) is 0 Å². The highest BCUT2D eigenvalue weighted by atomic mass is 35.5. The number of aliphatic hydroxyl groups is 1. The Morgan fingerprint density at radius 1 is 1.26 bits per heavy atom. The quantitative estimate of drug-likeness (QED) is 0.525. The Labute approximate surface area is 200 Å². The molecule has 34 heavy (non-hydrogen) atoms. The molecule has 1 aromatic heterocycles. The molecule has 0 spiro atoms. The predicted molar refractivity (Wildman–Crippen MR) is 124 cm³/mol. The molecule has 0 radical (unpaired) electrons. The maximum absolute atomic E-state index is 13.7. The summed E-state index contributed by atoms with van der Waals surface area (Å²) in [5, 5.41) is 14.1. The molecule has 4 rings (SSSR count). The van der Waals surface area contributed by atoms with Gasteiger partial charge >= 0.3 is 0 Å². The highest BCUT2D eigenvalue weighted by Gasteiger charge is 2.34. The van der Waals surface area contributed by atoms with Gasteiger partial charge in [0.05, 0.1) is 41.9 Å². The molecule has 0 fully saturated rings. The molecule has 3 aromatic rings. The van der Waals surface area contributed by atoms with E-state index in [0.717, 1.165) is 5.56 Å². The minimum atomic E-state index is -0.733. The van der Waals surface area contributed by atoms with Crippen molar-refractivity contribution in [3.05, 3.63) is 81.5 Å². The van der Waals surface area contributed by atoms with Gasteiger partial charge in [0.15, 0.2) is 5.69 Å². The van der Waals surface area contributed by atoms with Crippen molar-refractivity contribution in [3.8, 4) is 11.3 Å². The monoisotopic (exact) mass is 481 g/mol. The first-order valence-electron chi connectivity index (χ1n) is 10.5. The minimum absolute atomic E-state index is 0.0983. The van der Waals surface area contributed by atoms with Crippen LogP contribution in [0.25, 0.3) is 16.1 Å². The van der Waals surface area contributed by atoms with E-state index in [2.05, 4.69) is 9.94 Å². The van der Waals surface area contributed by atoms with E-state index in [4.69, 9.17) is 23.9 Å². The van der Waals surface area contributed by atoms with E-state index in [-0.39, 0.29) is 54.3 Å². The molecule has 1 aliphatic rings. The van der Waals surface area contributed by atoms with E-state index in [1.54, 1.807) is 33.8 Å². The number of fused-ring (bicyclic) bond motifs is 1. The topological polar surface area (TPSA) is 106 Å². The second-order valence-corrected chi connectivity index (χ2v) is 8.41. The maximum Gasteiger partial charge on any atom is 0.252 e. The Bertz CT molecular complexity index is 1300. The lowest BCUT2D eigenvalue weighted by Gasteiger charge is -2.34. The highest BCUT2D eigenvalue weighted by molar-refractivity contribution is 6.31. The lowest BCUT2D eigenvalue weighted by atomic mass is 10.0. The van der Waals surface area contributed by atoms with E-state index < -0.39 is 11.7 Å². The fourth-order valence-corrected chi connectivity index (χ4v) is 4.31. The van der Waals surface area contributed by atoms with E-state index in [1.165, 1.54) is 18.2 Å². The summed E-state index contributed by atoms with van der Waals surface area (Å²) in [6.07, 6.45) is 0.421. The van der Waals surface area contributed by atoms with Gasteiger partial charge in [0, 0.05) is 18.7 Å². The van der Waals surface area contributed by atoms with Crippen LogP contribution in [0.1, 0.15) is 34.1 Å². The zero-order valence-electron chi connectivity index (χ0n) is 18.0. The number of carbonyl (C=O) groups excluding carboxylic acids is 2. The molecular formula is C24H21ClFN5O3. The highest BCUT2D eigenvalue weighted by Crippen LogP contribution is 2.34. The van der Waals surface area contributed by atoms with Gasteiger partial charge in [0.1, 0.15) is 11.5 Å². The summed E-state index contributed by atoms with van der Waals surface area (Å²) in [7, 11) is 0. The van der Waals surface area contributed by atoms with Gasteiger partial charge in [-0.15, -0.1) is 0 Å². The van der Waals surface area contributed by atoms with Crippen LogP contribution in [0.4, 0.5) is 10.1 Å².